The average Bonchev–Trinajstić information content (AvgIpc) is 2.63. The van der Waals surface area contributed by atoms with E-state index in [4.69, 9.17) is 4.74 Å². The summed E-state index contributed by atoms with van der Waals surface area (Å²) in [7, 11) is 0. The number of Topliss-reactive ketones (excluding diaryl/α,β-unsaturated/α-hetero) is 1. The zero-order chi connectivity index (χ0) is 13.3. The van der Waals surface area contributed by atoms with Gasteiger partial charge < -0.3 is 9.84 Å². The number of aliphatic hydroxyl groups excluding tert-OH is 1. The molecule has 0 saturated heterocycles. The fourth-order valence-corrected chi connectivity index (χ4v) is 5.04. The molecule has 0 aromatic heterocycles. The standard InChI is InChI=1S/C15H24O3/c1-13(2,3)18-12-6-5-9-10(16)7-14(4)8-11(17)15(9,12)14/h9-10,12,16H,5-8H2,1-4H3/t9?,10-,12+,14?,15?/m1/s1. The van der Waals surface area contributed by atoms with Gasteiger partial charge in [0, 0.05) is 12.3 Å². The Hall–Kier alpha value is -0.410. The minimum Gasteiger partial charge on any atom is -0.393 e. The molecule has 0 radical (unpaired) electrons. The van der Waals surface area contributed by atoms with Crippen molar-refractivity contribution in [2.24, 2.45) is 16.7 Å². The number of ketones is 1. The van der Waals surface area contributed by atoms with E-state index < -0.39 is 0 Å². The second-order valence-electron chi connectivity index (χ2n) is 7.70. The molecule has 3 saturated carbocycles. The van der Waals surface area contributed by atoms with Crippen molar-refractivity contribution in [3.63, 3.8) is 0 Å². The smallest absolute Gasteiger partial charge is 0.143 e. The fourth-order valence-electron chi connectivity index (χ4n) is 5.04. The van der Waals surface area contributed by atoms with Gasteiger partial charge in [0.05, 0.1) is 23.2 Å². The third kappa shape index (κ3) is 1.30. The first kappa shape index (κ1) is 12.6. The van der Waals surface area contributed by atoms with E-state index in [9.17, 15) is 9.90 Å². The first-order valence-corrected chi connectivity index (χ1v) is 7.10. The van der Waals surface area contributed by atoms with Crippen molar-refractivity contribution < 1.29 is 14.6 Å². The molecule has 0 bridgehead atoms. The van der Waals surface area contributed by atoms with Gasteiger partial charge in [-0.05, 0) is 45.4 Å². The van der Waals surface area contributed by atoms with Crippen LogP contribution in [0.1, 0.15) is 53.4 Å². The third-order valence-corrected chi connectivity index (χ3v) is 5.46. The van der Waals surface area contributed by atoms with E-state index in [0.717, 1.165) is 19.3 Å². The van der Waals surface area contributed by atoms with Crippen LogP contribution in [-0.4, -0.2) is 28.7 Å². The van der Waals surface area contributed by atoms with E-state index in [2.05, 4.69) is 6.92 Å². The van der Waals surface area contributed by atoms with E-state index in [0.29, 0.717) is 12.2 Å². The maximum atomic E-state index is 12.4. The lowest BCUT2D eigenvalue weighted by Crippen LogP contribution is -2.62. The van der Waals surface area contributed by atoms with Crippen molar-refractivity contribution in [3.05, 3.63) is 0 Å². The molecule has 102 valence electrons. The Kier molecular flexibility index (Phi) is 2.36. The summed E-state index contributed by atoms with van der Waals surface area (Å²) in [6.45, 7) is 8.30. The molecular weight excluding hydrogens is 228 g/mol. The largest absolute Gasteiger partial charge is 0.393 e. The van der Waals surface area contributed by atoms with Crippen LogP contribution in [-0.2, 0) is 9.53 Å². The van der Waals surface area contributed by atoms with E-state index in [1.807, 2.05) is 20.8 Å². The van der Waals surface area contributed by atoms with Gasteiger partial charge in [0.15, 0.2) is 0 Å². The third-order valence-electron chi connectivity index (χ3n) is 5.46. The van der Waals surface area contributed by atoms with Gasteiger partial charge in [-0.2, -0.15) is 0 Å². The highest BCUT2D eigenvalue weighted by atomic mass is 16.5. The topological polar surface area (TPSA) is 46.5 Å². The van der Waals surface area contributed by atoms with Crippen LogP contribution >= 0.6 is 0 Å². The molecule has 5 atom stereocenters. The average molecular weight is 252 g/mol. The molecule has 1 N–H and O–H groups in total. The van der Waals surface area contributed by atoms with E-state index >= 15 is 0 Å². The maximum absolute atomic E-state index is 12.4. The zero-order valence-corrected chi connectivity index (χ0v) is 11.8. The minimum atomic E-state index is -0.375. The van der Waals surface area contributed by atoms with Crippen LogP contribution in [0, 0.1) is 16.7 Å². The SMILES string of the molecule is CC(C)(C)O[C@H]1CCC2[C@H](O)CC3(C)CC(=O)C213. The molecule has 3 fully saturated rings. The molecular formula is C15H24O3. The van der Waals surface area contributed by atoms with Crippen LogP contribution in [0.15, 0.2) is 0 Å². The number of hydrogen-bond donors (Lipinski definition) is 1. The molecule has 0 amide bonds. The zero-order valence-electron chi connectivity index (χ0n) is 11.8. The Morgan fingerprint density at radius 3 is 2.56 bits per heavy atom. The predicted molar refractivity (Wildman–Crippen MR) is 68.1 cm³/mol. The van der Waals surface area contributed by atoms with Crippen LogP contribution in [0.2, 0.25) is 0 Å². The first-order chi connectivity index (χ1) is 8.21. The van der Waals surface area contributed by atoms with Gasteiger partial charge in [0.2, 0.25) is 0 Å². The fraction of sp³-hybridized carbons (Fsp3) is 0.933. The summed E-state index contributed by atoms with van der Waals surface area (Å²) in [6, 6.07) is 0. The molecule has 3 aliphatic carbocycles. The summed E-state index contributed by atoms with van der Waals surface area (Å²) in [5.41, 5.74) is -0.626. The lowest BCUT2D eigenvalue weighted by molar-refractivity contribution is -0.191. The van der Waals surface area contributed by atoms with Gasteiger partial charge in [-0.15, -0.1) is 0 Å². The molecule has 18 heavy (non-hydrogen) atoms. The number of carbonyl (C=O) groups is 1. The second kappa shape index (κ2) is 3.37. The highest BCUT2D eigenvalue weighted by molar-refractivity contribution is 5.95. The molecule has 0 aromatic carbocycles. The van der Waals surface area contributed by atoms with Crippen molar-refractivity contribution in [1.29, 1.82) is 0 Å². The van der Waals surface area contributed by atoms with Crippen LogP contribution < -0.4 is 0 Å². The van der Waals surface area contributed by atoms with E-state index in [1.54, 1.807) is 0 Å². The van der Waals surface area contributed by atoms with Crippen molar-refractivity contribution >= 4 is 5.78 Å². The monoisotopic (exact) mass is 252 g/mol. The van der Waals surface area contributed by atoms with E-state index in [-0.39, 0.29) is 34.6 Å². The number of rotatable bonds is 1. The van der Waals surface area contributed by atoms with Gasteiger partial charge in [-0.1, -0.05) is 6.92 Å². The molecule has 0 heterocycles. The number of ether oxygens (including phenoxy) is 1. The molecule has 3 nitrogen and oxygen atoms in total. The van der Waals surface area contributed by atoms with Crippen LogP contribution in [0.25, 0.3) is 0 Å². The molecule has 3 aliphatic rings. The van der Waals surface area contributed by atoms with Crippen LogP contribution in [0.3, 0.4) is 0 Å². The van der Waals surface area contributed by atoms with Crippen LogP contribution in [0.4, 0.5) is 0 Å². The van der Waals surface area contributed by atoms with Crippen molar-refractivity contribution in [2.75, 3.05) is 0 Å². The Balaban J connectivity index is 1.98. The molecule has 0 aliphatic heterocycles. The lowest BCUT2D eigenvalue weighted by Gasteiger charge is -2.55. The summed E-state index contributed by atoms with van der Waals surface area (Å²) < 4.78 is 6.19. The number of hydrogen-bond acceptors (Lipinski definition) is 3. The molecule has 3 unspecified atom stereocenters. The molecule has 0 aromatic rings. The van der Waals surface area contributed by atoms with Gasteiger partial charge >= 0.3 is 0 Å². The minimum absolute atomic E-state index is 0.00546. The highest BCUT2D eigenvalue weighted by Gasteiger charge is 2.77. The van der Waals surface area contributed by atoms with Gasteiger partial charge in [0.25, 0.3) is 0 Å². The van der Waals surface area contributed by atoms with Crippen molar-refractivity contribution in [3.8, 4) is 0 Å². The molecule has 1 spiro atoms. The molecule has 3 rings (SSSR count). The van der Waals surface area contributed by atoms with Crippen LogP contribution in [0.5, 0.6) is 0 Å². The summed E-state index contributed by atoms with van der Waals surface area (Å²) >= 11 is 0. The lowest BCUT2D eigenvalue weighted by atomic mass is 9.48. The maximum Gasteiger partial charge on any atom is 0.143 e. The quantitative estimate of drug-likeness (QED) is 0.779. The van der Waals surface area contributed by atoms with Gasteiger partial charge in [0.1, 0.15) is 5.78 Å². The van der Waals surface area contributed by atoms with Crippen molar-refractivity contribution in [1.82, 2.24) is 0 Å². The summed E-state index contributed by atoms with van der Waals surface area (Å²) in [5.74, 6) is 0.467. The summed E-state index contributed by atoms with van der Waals surface area (Å²) in [6.07, 6.45) is 2.95. The van der Waals surface area contributed by atoms with E-state index in [1.165, 1.54) is 0 Å². The summed E-state index contributed by atoms with van der Waals surface area (Å²) in [4.78, 5) is 12.4. The normalized spacial score (nSPS) is 50.9. The second-order valence-corrected chi connectivity index (χ2v) is 7.70. The Morgan fingerprint density at radius 2 is 2.00 bits per heavy atom. The van der Waals surface area contributed by atoms with Crippen molar-refractivity contribution in [2.45, 2.75) is 71.2 Å². The predicted octanol–water partition coefficient (Wildman–Crippen LogP) is 2.31. The highest BCUT2D eigenvalue weighted by Crippen LogP contribution is 2.73. The Labute approximate surface area is 109 Å². The molecule has 3 heteroatoms. The number of aliphatic hydroxyl groups is 1. The Morgan fingerprint density at radius 1 is 1.33 bits per heavy atom. The van der Waals surface area contributed by atoms with Gasteiger partial charge in [-0.3, -0.25) is 4.79 Å². The summed E-state index contributed by atoms with van der Waals surface area (Å²) in [5, 5.41) is 10.3. The van der Waals surface area contributed by atoms with Gasteiger partial charge in [-0.25, -0.2) is 0 Å². The number of carbonyl (C=O) groups excluding carboxylic acids is 1. The first-order valence-electron chi connectivity index (χ1n) is 7.10. The Bertz CT molecular complexity index is 397.